The van der Waals surface area contributed by atoms with Gasteiger partial charge < -0.3 is 14.4 Å². The van der Waals surface area contributed by atoms with Gasteiger partial charge in [0.05, 0.1) is 17.6 Å². The zero-order valence-corrected chi connectivity index (χ0v) is 15.5. The minimum Gasteiger partial charge on any atom is -0.478 e. The van der Waals surface area contributed by atoms with Gasteiger partial charge in [-0.05, 0) is 31.0 Å². The largest absolute Gasteiger partial charge is 0.478 e. The number of aromatic carboxylic acids is 1. The molecule has 0 atom stereocenters. The Morgan fingerprint density at radius 1 is 1.20 bits per heavy atom. The van der Waals surface area contributed by atoms with Gasteiger partial charge >= 0.3 is 5.97 Å². The maximum atomic E-state index is 12.9. The van der Waals surface area contributed by atoms with Crippen molar-refractivity contribution in [3.05, 3.63) is 53.5 Å². The second-order valence-corrected chi connectivity index (χ2v) is 7.10. The van der Waals surface area contributed by atoms with Gasteiger partial charge in [0.25, 0.3) is 5.91 Å². The molecule has 0 aliphatic heterocycles. The van der Waals surface area contributed by atoms with Crippen LogP contribution >= 0.6 is 11.8 Å². The molecule has 0 spiro atoms. The number of nitrogens with zero attached hydrogens (tertiary/aromatic N) is 1. The number of hydrogen-bond donors (Lipinski definition) is 1. The Kier molecular flexibility index (Phi) is 6.70. The summed E-state index contributed by atoms with van der Waals surface area (Å²) in [5.74, 6) is 0.133. The lowest BCUT2D eigenvalue weighted by Crippen LogP contribution is -2.34. The average molecular weight is 361 g/mol. The molecule has 2 aromatic rings. The third kappa shape index (κ3) is 4.89. The third-order valence-corrected chi connectivity index (χ3v) is 4.78. The fourth-order valence-corrected chi connectivity index (χ4v) is 3.52. The molecule has 0 bridgehead atoms. The molecule has 5 nitrogen and oxygen atoms in total. The SMILES string of the molecule is CCN(CC(C)C)C(=O)c1ccccc1SCc1occc1C(=O)O. The van der Waals surface area contributed by atoms with Gasteiger partial charge in [0, 0.05) is 18.0 Å². The average Bonchev–Trinajstić information content (AvgIpc) is 3.06. The molecule has 0 aliphatic rings. The molecular weight excluding hydrogens is 338 g/mol. The summed E-state index contributed by atoms with van der Waals surface area (Å²) in [4.78, 5) is 26.7. The molecule has 1 aromatic carbocycles. The monoisotopic (exact) mass is 361 g/mol. The maximum absolute atomic E-state index is 12.9. The predicted molar refractivity (Wildman–Crippen MR) is 98.1 cm³/mol. The van der Waals surface area contributed by atoms with Crippen LogP contribution in [0.3, 0.4) is 0 Å². The van der Waals surface area contributed by atoms with Crippen molar-refractivity contribution >= 4 is 23.6 Å². The minimum absolute atomic E-state index is 0.00259. The lowest BCUT2D eigenvalue weighted by molar-refractivity contribution is 0.0693. The summed E-state index contributed by atoms with van der Waals surface area (Å²) in [6.45, 7) is 7.49. The van der Waals surface area contributed by atoms with Crippen molar-refractivity contribution in [2.75, 3.05) is 13.1 Å². The number of amides is 1. The number of carboxylic acids is 1. The first-order valence-corrected chi connectivity index (χ1v) is 9.23. The lowest BCUT2D eigenvalue weighted by Gasteiger charge is -2.24. The summed E-state index contributed by atoms with van der Waals surface area (Å²) in [5, 5.41) is 9.15. The highest BCUT2D eigenvalue weighted by Crippen LogP contribution is 2.29. The Labute approximate surface area is 152 Å². The second-order valence-electron chi connectivity index (χ2n) is 6.09. The van der Waals surface area contributed by atoms with E-state index in [0.29, 0.717) is 36.1 Å². The molecule has 0 fully saturated rings. The fourth-order valence-electron chi connectivity index (χ4n) is 2.52. The van der Waals surface area contributed by atoms with Crippen LogP contribution in [0.1, 0.15) is 47.2 Å². The van der Waals surface area contributed by atoms with Crippen LogP contribution in [-0.4, -0.2) is 35.0 Å². The Bertz CT molecular complexity index is 739. The van der Waals surface area contributed by atoms with E-state index in [1.54, 1.807) is 0 Å². The topological polar surface area (TPSA) is 70.8 Å². The van der Waals surface area contributed by atoms with E-state index in [1.807, 2.05) is 36.1 Å². The number of thioether (sulfide) groups is 1. The van der Waals surface area contributed by atoms with Crippen LogP contribution in [0.5, 0.6) is 0 Å². The summed E-state index contributed by atoms with van der Waals surface area (Å²) >= 11 is 1.41. The van der Waals surface area contributed by atoms with Crippen LogP contribution in [0.2, 0.25) is 0 Å². The molecule has 0 saturated carbocycles. The first-order valence-electron chi connectivity index (χ1n) is 8.24. The summed E-state index contributed by atoms with van der Waals surface area (Å²) in [7, 11) is 0. The van der Waals surface area contributed by atoms with Crippen LogP contribution in [0.25, 0.3) is 0 Å². The number of carbonyl (C=O) groups excluding carboxylic acids is 1. The fraction of sp³-hybridized carbons (Fsp3) is 0.368. The molecule has 0 saturated heterocycles. The maximum Gasteiger partial charge on any atom is 0.339 e. The number of benzene rings is 1. The highest BCUT2D eigenvalue weighted by molar-refractivity contribution is 7.98. The zero-order chi connectivity index (χ0) is 18.4. The molecule has 1 heterocycles. The minimum atomic E-state index is -1.01. The van der Waals surface area contributed by atoms with Crippen molar-refractivity contribution in [3.8, 4) is 0 Å². The van der Waals surface area contributed by atoms with E-state index in [4.69, 9.17) is 9.52 Å². The number of carboxylic acid groups (broad SMARTS) is 1. The van der Waals surface area contributed by atoms with Crippen molar-refractivity contribution in [1.82, 2.24) is 4.90 Å². The van der Waals surface area contributed by atoms with Gasteiger partial charge in [-0.2, -0.15) is 0 Å². The first-order chi connectivity index (χ1) is 11.9. The van der Waals surface area contributed by atoms with Crippen molar-refractivity contribution in [2.45, 2.75) is 31.4 Å². The summed E-state index contributed by atoms with van der Waals surface area (Å²) in [6.07, 6.45) is 1.37. The van der Waals surface area contributed by atoms with E-state index in [-0.39, 0.29) is 11.5 Å². The quantitative estimate of drug-likeness (QED) is 0.706. The first kappa shape index (κ1) is 19.1. The number of carbonyl (C=O) groups is 2. The zero-order valence-electron chi connectivity index (χ0n) is 14.7. The molecule has 6 heteroatoms. The summed E-state index contributed by atoms with van der Waals surface area (Å²) < 4.78 is 5.27. The number of hydrogen-bond acceptors (Lipinski definition) is 4. The number of furan rings is 1. The van der Waals surface area contributed by atoms with Gasteiger partial charge in [-0.3, -0.25) is 4.79 Å². The van der Waals surface area contributed by atoms with Crippen LogP contribution < -0.4 is 0 Å². The second kappa shape index (κ2) is 8.76. The van der Waals surface area contributed by atoms with Gasteiger partial charge in [0.15, 0.2) is 0 Å². The van der Waals surface area contributed by atoms with Crippen molar-refractivity contribution in [1.29, 1.82) is 0 Å². The summed E-state index contributed by atoms with van der Waals surface area (Å²) in [6, 6.07) is 8.85. The highest BCUT2D eigenvalue weighted by Gasteiger charge is 2.20. The molecule has 0 aliphatic carbocycles. The Hall–Kier alpha value is -2.21. The van der Waals surface area contributed by atoms with Crippen LogP contribution in [0.4, 0.5) is 0 Å². The standard InChI is InChI=1S/C19H23NO4S/c1-4-20(11-13(2)3)18(21)15-7-5-6-8-17(15)25-12-16-14(19(22)23)9-10-24-16/h5-10,13H,4,11-12H2,1-3H3,(H,22,23). The molecule has 1 amide bonds. The molecule has 134 valence electrons. The van der Waals surface area contributed by atoms with Crippen molar-refractivity contribution in [3.63, 3.8) is 0 Å². The molecule has 1 aromatic heterocycles. The normalized spacial score (nSPS) is 10.9. The van der Waals surface area contributed by atoms with E-state index in [2.05, 4.69) is 13.8 Å². The van der Waals surface area contributed by atoms with E-state index < -0.39 is 5.97 Å². The highest BCUT2D eigenvalue weighted by atomic mass is 32.2. The van der Waals surface area contributed by atoms with Crippen LogP contribution in [0, 0.1) is 5.92 Å². The lowest BCUT2D eigenvalue weighted by atomic mass is 10.1. The van der Waals surface area contributed by atoms with Gasteiger partial charge in [0.2, 0.25) is 0 Å². The predicted octanol–water partition coefficient (Wildman–Crippen LogP) is 4.39. The molecule has 2 rings (SSSR count). The molecule has 0 unspecified atom stereocenters. The van der Waals surface area contributed by atoms with E-state index in [0.717, 1.165) is 4.90 Å². The Morgan fingerprint density at radius 2 is 1.92 bits per heavy atom. The van der Waals surface area contributed by atoms with Gasteiger partial charge in [0.1, 0.15) is 11.3 Å². The molecule has 0 radical (unpaired) electrons. The molecule has 1 N–H and O–H groups in total. The van der Waals surface area contributed by atoms with E-state index in [1.165, 1.54) is 24.1 Å². The van der Waals surface area contributed by atoms with Crippen LogP contribution in [-0.2, 0) is 5.75 Å². The molecular formula is C19H23NO4S. The van der Waals surface area contributed by atoms with E-state index in [9.17, 15) is 9.59 Å². The summed E-state index contributed by atoms with van der Waals surface area (Å²) in [5.41, 5.74) is 0.796. The third-order valence-electron chi connectivity index (χ3n) is 3.71. The van der Waals surface area contributed by atoms with Gasteiger partial charge in [-0.25, -0.2) is 4.79 Å². The van der Waals surface area contributed by atoms with Gasteiger partial charge in [-0.15, -0.1) is 11.8 Å². The van der Waals surface area contributed by atoms with E-state index >= 15 is 0 Å². The smallest absolute Gasteiger partial charge is 0.339 e. The van der Waals surface area contributed by atoms with Crippen molar-refractivity contribution in [2.24, 2.45) is 5.92 Å². The molecule has 25 heavy (non-hydrogen) atoms. The van der Waals surface area contributed by atoms with Gasteiger partial charge in [-0.1, -0.05) is 26.0 Å². The number of rotatable bonds is 8. The van der Waals surface area contributed by atoms with Crippen molar-refractivity contribution < 1.29 is 19.1 Å². The van der Waals surface area contributed by atoms with Crippen LogP contribution in [0.15, 0.2) is 45.9 Å². The Morgan fingerprint density at radius 3 is 2.56 bits per heavy atom. The Balaban J connectivity index is 2.18.